The van der Waals surface area contributed by atoms with E-state index in [1.807, 2.05) is 34.9 Å². The monoisotopic (exact) mass is 365 g/mol. The normalized spacial score (nSPS) is 16.8. The first kappa shape index (κ1) is 18.0. The SMILES string of the molecule is CCOCCN1CCN(C(=O)N2Cc3ccccc3-c3ccccc32)CC1. The summed E-state index contributed by atoms with van der Waals surface area (Å²) < 4.78 is 5.45. The molecule has 2 aliphatic heterocycles. The third-order valence-corrected chi connectivity index (χ3v) is 5.46. The molecule has 2 aliphatic rings. The van der Waals surface area contributed by atoms with Gasteiger partial charge in [-0.2, -0.15) is 0 Å². The van der Waals surface area contributed by atoms with Crippen LogP contribution in [0.15, 0.2) is 48.5 Å². The number of amides is 2. The van der Waals surface area contributed by atoms with Crippen LogP contribution in [0.4, 0.5) is 10.5 Å². The summed E-state index contributed by atoms with van der Waals surface area (Å²) in [5, 5.41) is 0. The Kier molecular flexibility index (Phi) is 5.41. The van der Waals surface area contributed by atoms with Gasteiger partial charge in [0.25, 0.3) is 0 Å². The summed E-state index contributed by atoms with van der Waals surface area (Å²) in [5.41, 5.74) is 4.60. The highest BCUT2D eigenvalue weighted by atomic mass is 16.5. The second kappa shape index (κ2) is 8.11. The van der Waals surface area contributed by atoms with Gasteiger partial charge in [0.05, 0.1) is 18.8 Å². The van der Waals surface area contributed by atoms with Crippen molar-refractivity contribution < 1.29 is 9.53 Å². The van der Waals surface area contributed by atoms with Gasteiger partial charge in [-0.15, -0.1) is 0 Å². The summed E-state index contributed by atoms with van der Waals surface area (Å²) in [6.45, 7) is 8.47. The summed E-state index contributed by atoms with van der Waals surface area (Å²) in [4.78, 5) is 19.6. The van der Waals surface area contributed by atoms with E-state index >= 15 is 0 Å². The van der Waals surface area contributed by atoms with Crippen LogP contribution >= 0.6 is 0 Å². The van der Waals surface area contributed by atoms with Crippen LogP contribution in [0.2, 0.25) is 0 Å². The van der Waals surface area contributed by atoms with Crippen LogP contribution in [0, 0.1) is 0 Å². The van der Waals surface area contributed by atoms with Gasteiger partial charge in [-0.05, 0) is 24.1 Å². The predicted octanol–water partition coefficient (Wildman–Crippen LogP) is 3.45. The minimum Gasteiger partial charge on any atom is -0.380 e. The second-order valence-corrected chi connectivity index (χ2v) is 7.07. The molecule has 0 aliphatic carbocycles. The second-order valence-electron chi connectivity index (χ2n) is 7.07. The van der Waals surface area contributed by atoms with E-state index < -0.39 is 0 Å². The topological polar surface area (TPSA) is 36.0 Å². The first-order chi connectivity index (χ1) is 13.3. The van der Waals surface area contributed by atoms with Crippen molar-refractivity contribution in [3.05, 3.63) is 54.1 Å². The molecule has 2 heterocycles. The Labute approximate surface area is 161 Å². The zero-order chi connectivity index (χ0) is 18.6. The molecule has 1 fully saturated rings. The number of fused-ring (bicyclic) bond motifs is 3. The average Bonchev–Trinajstić information content (AvgIpc) is 2.73. The Balaban J connectivity index is 1.47. The van der Waals surface area contributed by atoms with Crippen molar-refractivity contribution in [1.82, 2.24) is 9.80 Å². The van der Waals surface area contributed by atoms with Crippen LogP contribution in [0.25, 0.3) is 11.1 Å². The maximum atomic E-state index is 13.3. The number of urea groups is 1. The van der Waals surface area contributed by atoms with Crippen LogP contribution in [0.5, 0.6) is 0 Å². The lowest BCUT2D eigenvalue weighted by atomic mass is 9.93. The van der Waals surface area contributed by atoms with Gasteiger partial charge in [0.15, 0.2) is 0 Å². The largest absolute Gasteiger partial charge is 0.380 e. The zero-order valence-corrected chi connectivity index (χ0v) is 15.9. The van der Waals surface area contributed by atoms with Crippen molar-refractivity contribution >= 4 is 11.7 Å². The first-order valence-corrected chi connectivity index (χ1v) is 9.82. The fourth-order valence-electron chi connectivity index (χ4n) is 3.96. The minimum absolute atomic E-state index is 0.112. The van der Waals surface area contributed by atoms with Crippen molar-refractivity contribution in [2.45, 2.75) is 13.5 Å². The number of piperazine rings is 1. The highest BCUT2D eigenvalue weighted by Crippen LogP contribution is 2.39. The first-order valence-electron chi connectivity index (χ1n) is 9.82. The van der Waals surface area contributed by atoms with E-state index in [1.165, 1.54) is 11.1 Å². The van der Waals surface area contributed by atoms with Gasteiger partial charge >= 0.3 is 6.03 Å². The Morgan fingerprint density at radius 3 is 2.44 bits per heavy atom. The maximum Gasteiger partial charge on any atom is 0.324 e. The van der Waals surface area contributed by atoms with Crippen LogP contribution in [0.1, 0.15) is 12.5 Å². The standard InChI is InChI=1S/C22H27N3O2/c1-2-27-16-15-23-11-13-24(14-12-23)22(26)25-17-18-7-3-4-8-19(18)20-9-5-6-10-21(20)25/h3-10H,2,11-17H2,1H3. The van der Waals surface area contributed by atoms with Crippen molar-refractivity contribution in [2.24, 2.45) is 0 Å². The van der Waals surface area contributed by atoms with Crippen molar-refractivity contribution in [1.29, 1.82) is 0 Å². The molecule has 0 bridgehead atoms. The molecular weight excluding hydrogens is 338 g/mol. The van der Waals surface area contributed by atoms with Crippen LogP contribution < -0.4 is 4.90 Å². The molecule has 142 valence electrons. The Morgan fingerprint density at radius 2 is 1.67 bits per heavy atom. The molecule has 5 heteroatoms. The molecule has 27 heavy (non-hydrogen) atoms. The van der Waals surface area contributed by atoms with Gasteiger partial charge in [-0.1, -0.05) is 42.5 Å². The van der Waals surface area contributed by atoms with E-state index in [2.05, 4.69) is 35.2 Å². The van der Waals surface area contributed by atoms with Crippen molar-refractivity contribution in [3.8, 4) is 11.1 Å². The molecule has 2 aromatic carbocycles. The van der Waals surface area contributed by atoms with E-state index in [1.54, 1.807) is 0 Å². The minimum atomic E-state index is 0.112. The summed E-state index contributed by atoms with van der Waals surface area (Å²) in [5.74, 6) is 0. The lowest BCUT2D eigenvalue weighted by Gasteiger charge is -2.39. The van der Waals surface area contributed by atoms with Gasteiger partial charge in [-0.3, -0.25) is 9.80 Å². The Morgan fingerprint density at radius 1 is 0.963 bits per heavy atom. The molecule has 0 N–H and O–H groups in total. The molecule has 2 aromatic rings. The predicted molar refractivity (Wildman–Crippen MR) is 108 cm³/mol. The van der Waals surface area contributed by atoms with Crippen LogP contribution in [-0.2, 0) is 11.3 Å². The number of hydrogen-bond acceptors (Lipinski definition) is 3. The molecule has 0 spiro atoms. The van der Waals surface area contributed by atoms with E-state index in [0.717, 1.165) is 57.2 Å². The molecule has 0 aromatic heterocycles. The molecule has 0 unspecified atom stereocenters. The summed E-state index contributed by atoms with van der Waals surface area (Å²) >= 11 is 0. The number of anilines is 1. The van der Waals surface area contributed by atoms with Crippen LogP contribution in [-0.4, -0.2) is 61.8 Å². The number of rotatable bonds is 4. The molecule has 0 atom stereocenters. The highest BCUT2D eigenvalue weighted by molar-refractivity contribution is 5.99. The Bertz CT molecular complexity index is 800. The van der Waals surface area contributed by atoms with Crippen LogP contribution in [0.3, 0.4) is 0 Å². The van der Waals surface area contributed by atoms with Gasteiger partial charge in [0, 0.05) is 44.9 Å². The van der Waals surface area contributed by atoms with Crippen molar-refractivity contribution in [2.75, 3.05) is 50.8 Å². The number of carbonyl (C=O) groups excluding carboxylic acids is 1. The van der Waals surface area contributed by atoms with E-state index in [9.17, 15) is 4.79 Å². The van der Waals surface area contributed by atoms with E-state index in [4.69, 9.17) is 4.74 Å². The maximum absolute atomic E-state index is 13.3. The fraction of sp³-hybridized carbons (Fsp3) is 0.409. The summed E-state index contributed by atoms with van der Waals surface area (Å²) in [6, 6.07) is 16.7. The quantitative estimate of drug-likeness (QED) is 0.779. The van der Waals surface area contributed by atoms with Crippen molar-refractivity contribution in [3.63, 3.8) is 0 Å². The lowest BCUT2D eigenvalue weighted by molar-refractivity contribution is 0.0891. The third kappa shape index (κ3) is 3.70. The lowest BCUT2D eigenvalue weighted by Crippen LogP contribution is -2.53. The number of nitrogens with zero attached hydrogens (tertiary/aromatic N) is 3. The average molecular weight is 365 g/mol. The highest BCUT2D eigenvalue weighted by Gasteiger charge is 2.30. The zero-order valence-electron chi connectivity index (χ0n) is 15.9. The van der Waals surface area contributed by atoms with Gasteiger partial charge in [0.2, 0.25) is 0 Å². The molecule has 4 rings (SSSR count). The number of hydrogen-bond donors (Lipinski definition) is 0. The number of ether oxygens (including phenoxy) is 1. The number of para-hydroxylation sites is 1. The van der Waals surface area contributed by atoms with Gasteiger partial charge < -0.3 is 9.64 Å². The van der Waals surface area contributed by atoms with Gasteiger partial charge in [0.1, 0.15) is 0 Å². The van der Waals surface area contributed by atoms with Gasteiger partial charge in [-0.25, -0.2) is 4.79 Å². The summed E-state index contributed by atoms with van der Waals surface area (Å²) in [7, 11) is 0. The molecule has 2 amide bonds. The molecular formula is C22H27N3O2. The fourth-order valence-corrected chi connectivity index (χ4v) is 3.96. The molecule has 0 saturated carbocycles. The Hall–Kier alpha value is -2.37. The van der Waals surface area contributed by atoms with E-state index in [-0.39, 0.29) is 6.03 Å². The smallest absolute Gasteiger partial charge is 0.324 e. The third-order valence-electron chi connectivity index (χ3n) is 5.46. The number of benzene rings is 2. The molecule has 0 radical (unpaired) electrons. The van der Waals surface area contributed by atoms with E-state index in [0.29, 0.717) is 6.54 Å². The molecule has 1 saturated heterocycles. The number of carbonyl (C=O) groups is 1. The summed E-state index contributed by atoms with van der Waals surface area (Å²) in [6.07, 6.45) is 0. The molecule has 5 nitrogen and oxygen atoms in total.